The van der Waals surface area contributed by atoms with Crippen molar-refractivity contribution >= 4 is 5.95 Å². The minimum Gasteiger partial charge on any atom is -0.475 e. The van der Waals surface area contributed by atoms with Crippen LogP contribution in [0.25, 0.3) is 0 Å². The molecule has 0 spiro atoms. The van der Waals surface area contributed by atoms with E-state index in [2.05, 4.69) is 15.3 Å². The molecule has 1 fully saturated rings. The fourth-order valence-electron chi connectivity index (χ4n) is 1.92. The number of rotatable bonds is 5. The van der Waals surface area contributed by atoms with E-state index in [0.29, 0.717) is 17.7 Å². The van der Waals surface area contributed by atoms with Gasteiger partial charge in [-0.05, 0) is 32.6 Å². The number of aromatic nitrogens is 2. The van der Waals surface area contributed by atoms with Crippen LogP contribution in [0.1, 0.15) is 26.7 Å². The van der Waals surface area contributed by atoms with E-state index < -0.39 is 0 Å². The van der Waals surface area contributed by atoms with Crippen LogP contribution in [-0.2, 0) is 4.74 Å². The van der Waals surface area contributed by atoms with Crippen LogP contribution in [0.15, 0.2) is 12.3 Å². The van der Waals surface area contributed by atoms with Gasteiger partial charge in [0.25, 0.3) is 0 Å². The van der Waals surface area contributed by atoms with Gasteiger partial charge in [-0.1, -0.05) is 0 Å². The highest BCUT2D eigenvalue weighted by atomic mass is 16.5. The smallest absolute Gasteiger partial charge is 0.225 e. The number of anilines is 1. The highest BCUT2D eigenvalue weighted by Gasteiger charge is 2.13. The maximum atomic E-state index is 5.54. The molecule has 0 aliphatic carbocycles. The Labute approximate surface area is 108 Å². The highest BCUT2D eigenvalue weighted by Crippen LogP contribution is 2.16. The van der Waals surface area contributed by atoms with Gasteiger partial charge in [-0.3, -0.25) is 0 Å². The van der Waals surface area contributed by atoms with Crippen LogP contribution in [0.2, 0.25) is 0 Å². The summed E-state index contributed by atoms with van der Waals surface area (Å²) in [5, 5.41) is 3.27. The van der Waals surface area contributed by atoms with Crippen LogP contribution >= 0.6 is 0 Å². The Morgan fingerprint density at radius 1 is 1.44 bits per heavy atom. The average molecular weight is 251 g/mol. The molecule has 1 aromatic heterocycles. The molecule has 0 unspecified atom stereocenters. The van der Waals surface area contributed by atoms with Gasteiger partial charge in [0, 0.05) is 32.0 Å². The minimum absolute atomic E-state index is 0.128. The molecule has 0 amide bonds. The fourth-order valence-corrected chi connectivity index (χ4v) is 1.92. The molecule has 1 aliphatic rings. The molecule has 1 aromatic rings. The van der Waals surface area contributed by atoms with Crippen molar-refractivity contribution in [2.75, 3.05) is 25.1 Å². The molecule has 0 saturated carbocycles. The lowest BCUT2D eigenvalue weighted by atomic mass is 10.0. The first-order valence-electron chi connectivity index (χ1n) is 6.55. The second-order valence-corrected chi connectivity index (χ2v) is 4.82. The average Bonchev–Trinajstić information content (AvgIpc) is 2.37. The van der Waals surface area contributed by atoms with E-state index in [1.807, 2.05) is 13.8 Å². The van der Waals surface area contributed by atoms with E-state index in [0.717, 1.165) is 32.6 Å². The van der Waals surface area contributed by atoms with E-state index in [1.165, 1.54) is 0 Å². The van der Waals surface area contributed by atoms with Crippen LogP contribution in [-0.4, -0.2) is 35.8 Å². The lowest BCUT2D eigenvalue weighted by Crippen LogP contribution is -2.23. The summed E-state index contributed by atoms with van der Waals surface area (Å²) >= 11 is 0. The molecule has 2 heterocycles. The summed E-state index contributed by atoms with van der Waals surface area (Å²) in [5.41, 5.74) is 0. The number of nitrogens with one attached hydrogen (secondary N) is 1. The Hall–Kier alpha value is -1.36. The van der Waals surface area contributed by atoms with Crippen molar-refractivity contribution in [3.63, 3.8) is 0 Å². The maximum Gasteiger partial charge on any atom is 0.225 e. The summed E-state index contributed by atoms with van der Waals surface area (Å²) in [6.07, 6.45) is 4.06. The lowest BCUT2D eigenvalue weighted by molar-refractivity contribution is 0.0699. The van der Waals surface area contributed by atoms with Crippen molar-refractivity contribution in [1.29, 1.82) is 0 Å². The van der Waals surface area contributed by atoms with Crippen molar-refractivity contribution < 1.29 is 9.47 Å². The molecule has 0 aromatic carbocycles. The number of hydrogen-bond donors (Lipinski definition) is 1. The van der Waals surface area contributed by atoms with Gasteiger partial charge in [-0.15, -0.1) is 0 Å². The van der Waals surface area contributed by atoms with Crippen molar-refractivity contribution in [3.05, 3.63) is 12.3 Å². The van der Waals surface area contributed by atoms with Crippen LogP contribution in [0, 0.1) is 5.92 Å². The second kappa shape index (κ2) is 6.54. The predicted molar refractivity (Wildman–Crippen MR) is 69.8 cm³/mol. The summed E-state index contributed by atoms with van der Waals surface area (Å²) < 4.78 is 10.9. The Morgan fingerprint density at radius 3 is 2.94 bits per heavy atom. The molecular weight excluding hydrogens is 230 g/mol. The molecule has 1 N–H and O–H groups in total. The topological polar surface area (TPSA) is 56.3 Å². The molecule has 5 heteroatoms. The SMILES string of the molecule is CC(C)Oc1ccnc(NCC2CCOCC2)n1. The zero-order valence-corrected chi connectivity index (χ0v) is 11.1. The van der Waals surface area contributed by atoms with Crippen molar-refractivity contribution in [2.24, 2.45) is 5.92 Å². The normalized spacial score (nSPS) is 16.8. The highest BCUT2D eigenvalue weighted by molar-refractivity contribution is 5.27. The Balaban J connectivity index is 1.84. The van der Waals surface area contributed by atoms with Gasteiger partial charge >= 0.3 is 0 Å². The first-order valence-corrected chi connectivity index (χ1v) is 6.55. The van der Waals surface area contributed by atoms with Crippen molar-refractivity contribution in [1.82, 2.24) is 9.97 Å². The predicted octanol–water partition coefficient (Wildman–Crippen LogP) is 2.10. The van der Waals surface area contributed by atoms with E-state index in [-0.39, 0.29) is 6.10 Å². The molecule has 0 radical (unpaired) electrons. The van der Waals surface area contributed by atoms with Gasteiger partial charge in [-0.25, -0.2) is 4.98 Å². The van der Waals surface area contributed by atoms with Gasteiger partial charge in [0.15, 0.2) is 0 Å². The van der Waals surface area contributed by atoms with Gasteiger partial charge in [0.1, 0.15) is 0 Å². The van der Waals surface area contributed by atoms with Crippen LogP contribution in [0.3, 0.4) is 0 Å². The molecule has 0 bridgehead atoms. The first kappa shape index (κ1) is 13.1. The molecule has 5 nitrogen and oxygen atoms in total. The Bertz CT molecular complexity index is 365. The summed E-state index contributed by atoms with van der Waals surface area (Å²) in [6, 6.07) is 1.78. The zero-order valence-electron chi connectivity index (χ0n) is 11.1. The largest absolute Gasteiger partial charge is 0.475 e. The van der Waals surface area contributed by atoms with Crippen LogP contribution < -0.4 is 10.1 Å². The maximum absolute atomic E-state index is 5.54. The summed E-state index contributed by atoms with van der Waals surface area (Å²) in [4.78, 5) is 8.52. The van der Waals surface area contributed by atoms with Gasteiger partial charge in [0.2, 0.25) is 11.8 Å². The molecule has 1 aliphatic heterocycles. The third kappa shape index (κ3) is 4.14. The minimum atomic E-state index is 0.128. The van der Waals surface area contributed by atoms with Gasteiger partial charge < -0.3 is 14.8 Å². The fraction of sp³-hybridized carbons (Fsp3) is 0.692. The quantitative estimate of drug-likeness (QED) is 0.868. The van der Waals surface area contributed by atoms with Crippen LogP contribution in [0.5, 0.6) is 5.88 Å². The molecule has 0 atom stereocenters. The zero-order chi connectivity index (χ0) is 12.8. The first-order chi connectivity index (χ1) is 8.74. The standard InChI is InChI=1S/C13H21N3O2/c1-10(2)18-12-3-6-14-13(16-12)15-9-11-4-7-17-8-5-11/h3,6,10-11H,4-5,7-9H2,1-2H3,(H,14,15,16). The summed E-state index contributed by atoms with van der Waals surface area (Å²) in [7, 11) is 0. The van der Waals surface area contributed by atoms with Crippen molar-refractivity contribution in [2.45, 2.75) is 32.8 Å². The number of ether oxygens (including phenoxy) is 2. The van der Waals surface area contributed by atoms with Crippen LogP contribution in [0.4, 0.5) is 5.95 Å². The van der Waals surface area contributed by atoms with Gasteiger partial charge in [-0.2, -0.15) is 4.98 Å². The molecule has 1 saturated heterocycles. The molecule has 18 heavy (non-hydrogen) atoms. The Morgan fingerprint density at radius 2 is 2.22 bits per heavy atom. The molecule has 100 valence electrons. The van der Waals surface area contributed by atoms with E-state index in [4.69, 9.17) is 9.47 Å². The lowest BCUT2D eigenvalue weighted by Gasteiger charge is -2.22. The number of hydrogen-bond acceptors (Lipinski definition) is 5. The second-order valence-electron chi connectivity index (χ2n) is 4.82. The van der Waals surface area contributed by atoms with E-state index in [1.54, 1.807) is 12.3 Å². The third-order valence-electron chi connectivity index (χ3n) is 2.88. The monoisotopic (exact) mass is 251 g/mol. The summed E-state index contributed by atoms with van der Waals surface area (Å²) in [6.45, 7) is 6.59. The molecule has 2 rings (SSSR count). The number of nitrogens with zero attached hydrogens (tertiary/aromatic N) is 2. The van der Waals surface area contributed by atoms with E-state index in [9.17, 15) is 0 Å². The van der Waals surface area contributed by atoms with Gasteiger partial charge in [0.05, 0.1) is 6.10 Å². The summed E-state index contributed by atoms with van der Waals surface area (Å²) in [5.74, 6) is 1.91. The Kier molecular flexibility index (Phi) is 4.75. The molecular formula is C13H21N3O2. The third-order valence-corrected chi connectivity index (χ3v) is 2.88. The van der Waals surface area contributed by atoms with Crippen molar-refractivity contribution in [3.8, 4) is 5.88 Å². The van der Waals surface area contributed by atoms with E-state index >= 15 is 0 Å².